The molecule has 1 atom stereocenters. The molecule has 2 aromatic rings. The summed E-state index contributed by atoms with van der Waals surface area (Å²) in [7, 11) is 0. The zero-order valence-corrected chi connectivity index (χ0v) is 16.9. The molecule has 2 N–H and O–H groups in total. The number of carbonyl (C=O) groups is 2. The minimum atomic E-state index is -0.238. The number of aryl methyl sites for hydroxylation is 1. The molecule has 1 aromatic carbocycles. The lowest BCUT2D eigenvalue weighted by molar-refractivity contribution is -0.120. The fraction of sp³-hybridized carbons (Fsp3) is 0.429. The standard InChI is InChI=1S/C21H27N5O3/c1-3-29-14-19(27)25-18-12-16(8-7-15(18)2)20(28)24-17-6-4-11-26(13-17)21-22-9-5-10-23-21/h5,7-10,12,17H,3-4,6,11,13-14H2,1-2H3,(H,24,28)(H,25,27). The van der Waals surface area contributed by atoms with Crippen LogP contribution in [0.1, 0.15) is 35.7 Å². The highest BCUT2D eigenvalue weighted by Gasteiger charge is 2.23. The summed E-state index contributed by atoms with van der Waals surface area (Å²) in [6, 6.07) is 7.10. The third-order valence-electron chi connectivity index (χ3n) is 4.80. The van der Waals surface area contributed by atoms with Gasteiger partial charge in [-0.3, -0.25) is 9.59 Å². The SMILES string of the molecule is CCOCC(=O)Nc1cc(C(=O)NC2CCCN(c3ncccn3)C2)ccc1C. The Labute approximate surface area is 170 Å². The van der Waals surface area contributed by atoms with E-state index in [4.69, 9.17) is 4.74 Å². The van der Waals surface area contributed by atoms with Crippen LogP contribution in [0.4, 0.5) is 11.6 Å². The van der Waals surface area contributed by atoms with Crippen LogP contribution < -0.4 is 15.5 Å². The first kappa shape index (κ1) is 20.7. The molecular weight excluding hydrogens is 370 g/mol. The highest BCUT2D eigenvalue weighted by Crippen LogP contribution is 2.19. The Kier molecular flexibility index (Phi) is 7.13. The maximum atomic E-state index is 12.8. The van der Waals surface area contributed by atoms with Crippen LogP contribution in [0.2, 0.25) is 0 Å². The van der Waals surface area contributed by atoms with Crippen molar-refractivity contribution >= 4 is 23.5 Å². The normalized spacial score (nSPS) is 16.3. The summed E-state index contributed by atoms with van der Waals surface area (Å²) < 4.78 is 5.13. The number of hydrogen-bond acceptors (Lipinski definition) is 6. The number of amides is 2. The Morgan fingerprint density at radius 2 is 2.07 bits per heavy atom. The quantitative estimate of drug-likeness (QED) is 0.743. The van der Waals surface area contributed by atoms with Gasteiger partial charge in [-0.05, 0) is 50.5 Å². The number of anilines is 2. The molecule has 1 fully saturated rings. The van der Waals surface area contributed by atoms with Crippen LogP contribution in [-0.4, -0.2) is 54.1 Å². The molecule has 0 aliphatic carbocycles. The van der Waals surface area contributed by atoms with Crippen molar-refractivity contribution in [2.45, 2.75) is 32.7 Å². The van der Waals surface area contributed by atoms with Gasteiger partial charge >= 0.3 is 0 Å². The molecule has 29 heavy (non-hydrogen) atoms. The summed E-state index contributed by atoms with van der Waals surface area (Å²) in [5.41, 5.74) is 2.01. The lowest BCUT2D eigenvalue weighted by Crippen LogP contribution is -2.48. The molecule has 0 spiro atoms. The number of carbonyl (C=O) groups excluding carboxylic acids is 2. The van der Waals surface area contributed by atoms with Gasteiger partial charge in [-0.2, -0.15) is 0 Å². The summed E-state index contributed by atoms with van der Waals surface area (Å²) in [5, 5.41) is 5.90. The predicted octanol–water partition coefficient (Wildman–Crippen LogP) is 2.16. The van der Waals surface area contributed by atoms with Crippen molar-refractivity contribution in [3.05, 3.63) is 47.8 Å². The maximum absolute atomic E-state index is 12.8. The van der Waals surface area contributed by atoms with Crippen LogP contribution >= 0.6 is 0 Å². The van der Waals surface area contributed by atoms with Gasteiger partial charge in [0.25, 0.3) is 5.91 Å². The number of nitrogens with zero attached hydrogens (tertiary/aromatic N) is 3. The molecule has 0 saturated carbocycles. The second kappa shape index (κ2) is 9.97. The third-order valence-corrected chi connectivity index (χ3v) is 4.80. The van der Waals surface area contributed by atoms with Crippen molar-refractivity contribution in [2.75, 3.05) is 36.5 Å². The van der Waals surface area contributed by atoms with Crippen LogP contribution in [0.25, 0.3) is 0 Å². The predicted molar refractivity (Wildman–Crippen MR) is 111 cm³/mol. The van der Waals surface area contributed by atoms with Gasteiger partial charge in [-0.15, -0.1) is 0 Å². The van der Waals surface area contributed by atoms with E-state index in [1.807, 2.05) is 19.9 Å². The number of ether oxygens (including phenoxy) is 1. The van der Waals surface area contributed by atoms with E-state index in [-0.39, 0.29) is 24.5 Å². The molecule has 0 bridgehead atoms. The first-order chi connectivity index (χ1) is 14.1. The Morgan fingerprint density at radius 1 is 1.28 bits per heavy atom. The average molecular weight is 397 g/mol. The van der Waals surface area contributed by atoms with Gasteiger partial charge in [0.05, 0.1) is 0 Å². The molecule has 3 rings (SSSR count). The zero-order valence-electron chi connectivity index (χ0n) is 16.9. The molecule has 154 valence electrons. The molecular formula is C21H27N5O3. The highest BCUT2D eigenvalue weighted by molar-refractivity contribution is 5.98. The monoisotopic (exact) mass is 397 g/mol. The Hall–Kier alpha value is -3.00. The lowest BCUT2D eigenvalue weighted by Gasteiger charge is -2.33. The number of aromatic nitrogens is 2. The van der Waals surface area contributed by atoms with E-state index >= 15 is 0 Å². The molecule has 2 amide bonds. The second-order valence-corrected chi connectivity index (χ2v) is 7.02. The van der Waals surface area contributed by atoms with Crippen LogP contribution in [0.15, 0.2) is 36.7 Å². The van der Waals surface area contributed by atoms with Crippen molar-refractivity contribution < 1.29 is 14.3 Å². The van der Waals surface area contributed by atoms with E-state index in [0.29, 0.717) is 30.4 Å². The van der Waals surface area contributed by atoms with Gasteiger partial charge in [-0.25, -0.2) is 9.97 Å². The van der Waals surface area contributed by atoms with Crippen molar-refractivity contribution in [2.24, 2.45) is 0 Å². The number of piperidine rings is 1. The van der Waals surface area contributed by atoms with Crippen molar-refractivity contribution in [1.82, 2.24) is 15.3 Å². The van der Waals surface area contributed by atoms with E-state index in [1.165, 1.54) is 0 Å². The summed E-state index contributed by atoms with van der Waals surface area (Å²) in [6.45, 7) is 5.72. The van der Waals surface area contributed by atoms with Gasteiger partial charge in [0.15, 0.2) is 0 Å². The molecule has 8 nitrogen and oxygen atoms in total. The topological polar surface area (TPSA) is 96.4 Å². The van der Waals surface area contributed by atoms with Crippen LogP contribution in [0.3, 0.4) is 0 Å². The van der Waals surface area contributed by atoms with E-state index in [2.05, 4.69) is 25.5 Å². The van der Waals surface area contributed by atoms with Crippen LogP contribution in [0.5, 0.6) is 0 Å². The van der Waals surface area contributed by atoms with Gasteiger partial charge < -0.3 is 20.3 Å². The van der Waals surface area contributed by atoms with E-state index in [9.17, 15) is 9.59 Å². The Balaban J connectivity index is 1.62. The van der Waals surface area contributed by atoms with Crippen LogP contribution in [-0.2, 0) is 9.53 Å². The third kappa shape index (κ3) is 5.74. The number of hydrogen-bond donors (Lipinski definition) is 2. The van der Waals surface area contributed by atoms with Crippen molar-refractivity contribution in [3.63, 3.8) is 0 Å². The summed E-state index contributed by atoms with van der Waals surface area (Å²) in [6.07, 6.45) is 5.30. The summed E-state index contributed by atoms with van der Waals surface area (Å²) in [5.74, 6) is 0.283. The lowest BCUT2D eigenvalue weighted by atomic mass is 10.0. The molecule has 0 radical (unpaired) electrons. The molecule has 1 saturated heterocycles. The molecule has 1 aromatic heterocycles. The number of nitrogens with one attached hydrogen (secondary N) is 2. The van der Waals surface area contributed by atoms with Gasteiger partial charge in [0.2, 0.25) is 11.9 Å². The Morgan fingerprint density at radius 3 is 2.83 bits per heavy atom. The molecule has 8 heteroatoms. The van der Waals surface area contributed by atoms with Gasteiger partial charge in [0, 0.05) is 49.4 Å². The van der Waals surface area contributed by atoms with E-state index in [1.54, 1.807) is 30.6 Å². The highest BCUT2D eigenvalue weighted by atomic mass is 16.5. The van der Waals surface area contributed by atoms with Crippen molar-refractivity contribution in [1.29, 1.82) is 0 Å². The summed E-state index contributed by atoms with van der Waals surface area (Å²) >= 11 is 0. The molecule has 2 heterocycles. The van der Waals surface area contributed by atoms with Crippen LogP contribution in [0, 0.1) is 6.92 Å². The zero-order chi connectivity index (χ0) is 20.6. The number of rotatable bonds is 7. The largest absolute Gasteiger partial charge is 0.372 e. The van der Waals surface area contributed by atoms with E-state index < -0.39 is 0 Å². The Bertz CT molecular complexity index is 843. The summed E-state index contributed by atoms with van der Waals surface area (Å²) in [4.78, 5) is 35.4. The molecule has 1 unspecified atom stereocenters. The second-order valence-electron chi connectivity index (χ2n) is 7.02. The van der Waals surface area contributed by atoms with Gasteiger partial charge in [0.1, 0.15) is 6.61 Å². The number of benzene rings is 1. The molecule has 1 aliphatic rings. The smallest absolute Gasteiger partial charge is 0.251 e. The van der Waals surface area contributed by atoms with Crippen molar-refractivity contribution in [3.8, 4) is 0 Å². The fourth-order valence-corrected chi connectivity index (χ4v) is 3.28. The molecule has 1 aliphatic heterocycles. The van der Waals surface area contributed by atoms with Gasteiger partial charge in [-0.1, -0.05) is 6.07 Å². The first-order valence-electron chi connectivity index (χ1n) is 9.88. The van der Waals surface area contributed by atoms with E-state index in [0.717, 1.165) is 24.9 Å². The fourth-order valence-electron chi connectivity index (χ4n) is 3.28. The maximum Gasteiger partial charge on any atom is 0.251 e. The first-order valence-corrected chi connectivity index (χ1v) is 9.88. The minimum absolute atomic E-state index is 0.00811. The average Bonchev–Trinajstić information content (AvgIpc) is 2.74. The minimum Gasteiger partial charge on any atom is -0.372 e.